The quantitative estimate of drug-likeness (QED) is 0.658. The summed E-state index contributed by atoms with van der Waals surface area (Å²) < 4.78 is 42.9. The number of nitrogens with zero attached hydrogens (tertiary/aromatic N) is 1. The minimum atomic E-state index is -3.56. The average Bonchev–Trinajstić information content (AvgIpc) is 2.73. The van der Waals surface area contributed by atoms with Gasteiger partial charge in [-0.05, 0) is 42.8 Å². The minimum absolute atomic E-state index is 0.179. The molecule has 3 rings (SSSR count). The molecule has 1 fully saturated rings. The molecule has 1 saturated heterocycles. The van der Waals surface area contributed by atoms with E-state index in [9.17, 15) is 13.2 Å². The molecule has 0 aliphatic carbocycles. The summed E-state index contributed by atoms with van der Waals surface area (Å²) in [6.07, 6.45) is 0. The van der Waals surface area contributed by atoms with Crippen LogP contribution >= 0.6 is 0 Å². The van der Waals surface area contributed by atoms with Crippen molar-refractivity contribution in [1.82, 2.24) is 4.31 Å². The maximum absolute atomic E-state index is 12.8. The van der Waals surface area contributed by atoms with Crippen LogP contribution in [0.25, 0.3) is 0 Å². The number of hydrogen-bond donors (Lipinski definition) is 0. The lowest BCUT2D eigenvalue weighted by molar-refractivity contribution is 0.0526. The highest BCUT2D eigenvalue weighted by Crippen LogP contribution is 2.20. The second-order valence-corrected chi connectivity index (χ2v) is 8.14. The van der Waals surface area contributed by atoms with Crippen molar-refractivity contribution in [2.24, 2.45) is 0 Å². The summed E-state index contributed by atoms with van der Waals surface area (Å²) in [5.41, 5.74) is 1.12. The molecule has 150 valence electrons. The van der Waals surface area contributed by atoms with E-state index >= 15 is 0 Å². The summed E-state index contributed by atoms with van der Waals surface area (Å²) in [6, 6.07) is 13.4. The maximum Gasteiger partial charge on any atom is 0.338 e. The van der Waals surface area contributed by atoms with E-state index in [-0.39, 0.29) is 11.5 Å². The van der Waals surface area contributed by atoms with Gasteiger partial charge in [0, 0.05) is 13.1 Å². The zero-order chi connectivity index (χ0) is 20.0. The number of esters is 1. The van der Waals surface area contributed by atoms with Gasteiger partial charge in [0.05, 0.1) is 30.3 Å². The summed E-state index contributed by atoms with van der Waals surface area (Å²) >= 11 is 0. The molecule has 0 spiro atoms. The molecule has 0 amide bonds. The van der Waals surface area contributed by atoms with Crippen molar-refractivity contribution in [3.63, 3.8) is 0 Å². The van der Waals surface area contributed by atoms with Gasteiger partial charge in [-0.1, -0.05) is 18.2 Å². The van der Waals surface area contributed by atoms with Crippen molar-refractivity contribution in [2.45, 2.75) is 18.4 Å². The van der Waals surface area contributed by atoms with Crippen LogP contribution in [0.4, 0.5) is 0 Å². The molecular formula is C20H23NO6S. The van der Waals surface area contributed by atoms with Crippen LogP contribution in [0.5, 0.6) is 5.75 Å². The fourth-order valence-corrected chi connectivity index (χ4v) is 4.30. The largest absolute Gasteiger partial charge is 0.489 e. The molecule has 0 saturated carbocycles. The Balaban J connectivity index is 1.70. The van der Waals surface area contributed by atoms with E-state index in [0.717, 1.165) is 5.56 Å². The predicted octanol–water partition coefficient (Wildman–Crippen LogP) is 2.46. The maximum atomic E-state index is 12.8. The highest BCUT2D eigenvalue weighted by molar-refractivity contribution is 7.89. The first-order chi connectivity index (χ1) is 13.5. The molecule has 0 atom stereocenters. The molecule has 1 heterocycles. The fraction of sp³-hybridized carbons (Fsp3) is 0.350. The first-order valence-corrected chi connectivity index (χ1v) is 10.5. The molecule has 0 bridgehead atoms. The van der Waals surface area contributed by atoms with Crippen LogP contribution in [-0.4, -0.2) is 51.6 Å². The van der Waals surface area contributed by atoms with Crippen LogP contribution in [0.2, 0.25) is 0 Å². The Morgan fingerprint density at radius 2 is 1.86 bits per heavy atom. The summed E-state index contributed by atoms with van der Waals surface area (Å²) in [5, 5.41) is 0. The van der Waals surface area contributed by atoms with Gasteiger partial charge in [0.1, 0.15) is 12.4 Å². The zero-order valence-corrected chi connectivity index (χ0v) is 16.5. The number of rotatable bonds is 7. The Morgan fingerprint density at radius 1 is 1.11 bits per heavy atom. The molecule has 1 aliphatic rings. The summed E-state index contributed by atoms with van der Waals surface area (Å²) in [4.78, 5) is 12.1. The SMILES string of the molecule is CCOC(=O)c1cccc(OCc2cccc(S(=O)(=O)N3CCOCC3)c2)c1. The van der Waals surface area contributed by atoms with E-state index in [0.29, 0.717) is 44.2 Å². The van der Waals surface area contributed by atoms with Gasteiger partial charge in [-0.25, -0.2) is 13.2 Å². The molecule has 0 radical (unpaired) electrons. The van der Waals surface area contributed by atoms with Crippen LogP contribution in [0, 0.1) is 0 Å². The van der Waals surface area contributed by atoms with E-state index in [2.05, 4.69) is 0 Å². The van der Waals surface area contributed by atoms with Gasteiger partial charge < -0.3 is 14.2 Å². The standard InChI is InChI=1S/C20H23NO6S/c1-2-26-20(22)17-6-4-7-18(14-17)27-15-16-5-3-8-19(13-16)28(23,24)21-9-11-25-12-10-21/h3-8,13-14H,2,9-12,15H2,1H3. The molecule has 0 unspecified atom stereocenters. The topological polar surface area (TPSA) is 82.1 Å². The number of benzene rings is 2. The second-order valence-electron chi connectivity index (χ2n) is 6.20. The Kier molecular flexibility index (Phi) is 6.66. The van der Waals surface area contributed by atoms with Crippen molar-refractivity contribution in [3.8, 4) is 5.75 Å². The Morgan fingerprint density at radius 3 is 2.61 bits per heavy atom. The predicted molar refractivity (Wildman–Crippen MR) is 103 cm³/mol. The van der Waals surface area contributed by atoms with Gasteiger partial charge in [-0.2, -0.15) is 4.31 Å². The summed E-state index contributed by atoms with van der Waals surface area (Å²) in [6.45, 7) is 3.73. The smallest absolute Gasteiger partial charge is 0.338 e. The molecule has 2 aromatic carbocycles. The van der Waals surface area contributed by atoms with Crippen molar-refractivity contribution in [1.29, 1.82) is 0 Å². The number of ether oxygens (including phenoxy) is 3. The molecule has 1 aliphatic heterocycles. The number of carbonyl (C=O) groups is 1. The van der Waals surface area contributed by atoms with Gasteiger partial charge in [-0.3, -0.25) is 0 Å². The normalized spacial score (nSPS) is 15.2. The molecule has 7 nitrogen and oxygen atoms in total. The summed E-state index contributed by atoms with van der Waals surface area (Å²) in [5.74, 6) is 0.0959. The lowest BCUT2D eigenvalue weighted by Gasteiger charge is -2.26. The fourth-order valence-electron chi connectivity index (χ4n) is 2.83. The molecule has 2 aromatic rings. The lowest BCUT2D eigenvalue weighted by atomic mass is 10.2. The van der Waals surface area contributed by atoms with Crippen molar-refractivity contribution in [2.75, 3.05) is 32.9 Å². The average molecular weight is 405 g/mol. The minimum Gasteiger partial charge on any atom is -0.489 e. The number of morpholine rings is 1. The monoisotopic (exact) mass is 405 g/mol. The third kappa shape index (κ3) is 4.89. The van der Waals surface area contributed by atoms with E-state index in [1.54, 1.807) is 55.5 Å². The van der Waals surface area contributed by atoms with E-state index in [1.165, 1.54) is 4.31 Å². The van der Waals surface area contributed by atoms with Crippen LogP contribution < -0.4 is 4.74 Å². The van der Waals surface area contributed by atoms with Crippen LogP contribution in [-0.2, 0) is 26.1 Å². The lowest BCUT2D eigenvalue weighted by Crippen LogP contribution is -2.40. The number of sulfonamides is 1. The Bertz CT molecular complexity index is 922. The summed E-state index contributed by atoms with van der Waals surface area (Å²) in [7, 11) is -3.56. The van der Waals surface area contributed by atoms with Crippen molar-refractivity contribution in [3.05, 3.63) is 59.7 Å². The molecule has 0 aromatic heterocycles. The second kappa shape index (κ2) is 9.18. The molecular weight excluding hydrogens is 382 g/mol. The molecule has 28 heavy (non-hydrogen) atoms. The van der Waals surface area contributed by atoms with E-state index < -0.39 is 16.0 Å². The molecule has 0 N–H and O–H groups in total. The Hall–Kier alpha value is -2.42. The van der Waals surface area contributed by atoms with Gasteiger partial charge in [0.15, 0.2) is 0 Å². The molecule has 8 heteroatoms. The zero-order valence-electron chi connectivity index (χ0n) is 15.7. The van der Waals surface area contributed by atoms with Crippen LogP contribution in [0.3, 0.4) is 0 Å². The van der Waals surface area contributed by atoms with Gasteiger partial charge in [0.2, 0.25) is 10.0 Å². The van der Waals surface area contributed by atoms with Crippen LogP contribution in [0.15, 0.2) is 53.4 Å². The van der Waals surface area contributed by atoms with Crippen molar-refractivity contribution >= 4 is 16.0 Å². The number of hydrogen-bond acceptors (Lipinski definition) is 6. The van der Waals surface area contributed by atoms with Gasteiger partial charge in [-0.15, -0.1) is 0 Å². The van der Waals surface area contributed by atoms with Gasteiger partial charge >= 0.3 is 5.97 Å². The van der Waals surface area contributed by atoms with Crippen molar-refractivity contribution < 1.29 is 27.4 Å². The third-order valence-corrected chi connectivity index (χ3v) is 6.15. The number of carbonyl (C=O) groups excluding carboxylic acids is 1. The van der Waals surface area contributed by atoms with Gasteiger partial charge in [0.25, 0.3) is 0 Å². The van der Waals surface area contributed by atoms with E-state index in [4.69, 9.17) is 14.2 Å². The third-order valence-electron chi connectivity index (χ3n) is 4.26. The highest BCUT2D eigenvalue weighted by Gasteiger charge is 2.26. The Labute approximate surface area is 164 Å². The first-order valence-electron chi connectivity index (χ1n) is 9.07. The van der Waals surface area contributed by atoms with E-state index in [1.807, 2.05) is 0 Å². The van der Waals surface area contributed by atoms with Crippen LogP contribution in [0.1, 0.15) is 22.8 Å². The highest BCUT2D eigenvalue weighted by atomic mass is 32.2. The first kappa shape index (κ1) is 20.3.